The van der Waals surface area contributed by atoms with Crippen LogP contribution in [0.4, 0.5) is 0 Å². The molecule has 150 valence electrons. The summed E-state index contributed by atoms with van der Waals surface area (Å²) in [6, 6.07) is 8.48. The van der Waals surface area contributed by atoms with Gasteiger partial charge in [0.1, 0.15) is 6.04 Å². The fourth-order valence-electron chi connectivity index (χ4n) is 3.19. The van der Waals surface area contributed by atoms with Crippen molar-refractivity contribution >= 4 is 33.5 Å². The number of hydrogen-bond acceptors (Lipinski definition) is 5. The molecular formula is C19H28N2O4S2. The van der Waals surface area contributed by atoms with Gasteiger partial charge in [0, 0.05) is 24.6 Å². The molecule has 1 heterocycles. The van der Waals surface area contributed by atoms with Gasteiger partial charge in [-0.15, -0.1) is 0 Å². The van der Waals surface area contributed by atoms with Crippen LogP contribution in [0.25, 0.3) is 0 Å². The summed E-state index contributed by atoms with van der Waals surface area (Å²) in [6.45, 7) is 2.51. The van der Waals surface area contributed by atoms with E-state index in [1.54, 1.807) is 23.6 Å². The molecule has 0 aliphatic carbocycles. The van der Waals surface area contributed by atoms with Crippen LogP contribution < -0.4 is 4.72 Å². The monoisotopic (exact) mass is 412 g/mol. The van der Waals surface area contributed by atoms with Crippen molar-refractivity contribution in [3.05, 3.63) is 35.9 Å². The number of likely N-dealkylation sites (tertiary alicyclic amines) is 1. The van der Waals surface area contributed by atoms with Crippen molar-refractivity contribution in [2.24, 2.45) is 5.92 Å². The van der Waals surface area contributed by atoms with Crippen LogP contribution in [0.5, 0.6) is 0 Å². The lowest BCUT2D eigenvalue weighted by Gasteiger charge is -2.34. The maximum Gasteiger partial charge on any atom is 0.240 e. The van der Waals surface area contributed by atoms with E-state index in [4.69, 9.17) is 0 Å². The van der Waals surface area contributed by atoms with Gasteiger partial charge in [-0.05, 0) is 38.2 Å². The lowest BCUT2D eigenvalue weighted by Crippen LogP contribution is -2.51. The molecule has 1 N–H and O–H groups in total. The van der Waals surface area contributed by atoms with Crippen molar-refractivity contribution in [1.29, 1.82) is 0 Å². The van der Waals surface area contributed by atoms with Crippen LogP contribution in [-0.2, 0) is 14.8 Å². The van der Waals surface area contributed by atoms with Gasteiger partial charge in [0.25, 0.3) is 0 Å². The van der Waals surface area contributed by atoms with Gasteiger partial charge in [-0.25, -0.2) is 13.1 Å². The van der Waals surface area contributed by atoms with E-state index in [9.17, 15) is 18.0 Å². The lowest BCUT2D eigenvalue weighted by molar-refractivity contribution is -0.134. The van der Waals surface area contributed by atoms with Gasteiger partial charge < -0.3 is 4.90 Å². The summed E-state index contributed by atoms with van der Waals surface area (Å²) in [6.07, 6.45) is 3.60. The van der Waals surface area contributed by atoms with Crippen molar-refractivity contribution in [2.75, 3.05) is 30.9 Å². The number of Topliss-reactive ketones (excluding diaryl/α,β-unsaturated/α-hetero) is 1. The van der Waals surface area contributed by atoms with Crippen LogP contribution in [0.2, 0.25) is 0 Å². The summed E-state index contributed by atoms with van der Waals surface area (Å²) >= 11 is 1.58. The van der Waals surface area contributed by atoms with E-state index in [1.807, 2.05) is 36.6 Å². The van der Waals surface area contributed by atoms with Crippen molar-refractivity contribution in [3.63, 3.8) is 0 Å². The molecule has 1 saturated heterocycles. The number of nitrogens with zero attached hydrogens (tertiary/aromatic N) is 1. The molecule has 27 heavy (non-hydrogen) atoms. The molecule has 1 aliphatic rings. The van der Waals surface area contributed by atoms with Crippen molar-refractivity contribution in [2.45, 2.75) is 32.2 Å². The highest BCUT2D eigenvalue weighted by molar-refractivity contribution is 7.98. The first kappa shape index (κ1) is 21.9. The maximum absolute atomic E-state index is 12.8. The highest BCUT2D eigenvalue weighted by Gasteiger charge is 2.32. The molecule has 2 rings (SSSR count). The van der Waals surface area contributed by atoms with E-state index in [0.29, 0.717) is 43.7 Å². The number of hydrogen-bond donors (Lipinski definition) is 1. The molecule has 1 amide bonds. The Morgan fingerprint density at radius 2 is 1.85 bits per heavy atom. The number of carbonyl (C=O) groups is 2. The predicted molar refractivity (Wildman–Crippen MR) is 109 cm³/mol. The van der Waals surface area contributed by atoms with Gasteiger partial charge >= 0.3 is 0 Å². The molecule has 1 aliphatic heterocycles. The quantitative estimate of drug-likeness (QED) is 0.629. The molecule has 1 atom stereocenters. The molecule has 0 aromatic heterocycles. The standard InChI is InChI=1S/C19H28N2O4S2/c1-3-27(24,25)20-17(11-14-26-2)19(23)21-12-9-16(10-13-21)18(22)15-7-5-4-6-8-15/h4-8,16-17,20H,3,9-14H2,1-2H3. The smallest absolute Gasteiger partial charge is 0.240 e. The summed E-state index contributed by atoms with van der Waals surface area (Å²) < 4.78 is 26.4. The van der Waals surface area contributed by atoms with Gasteiger partial charge in [-0.2, -0.15) is 11.8 Å². The Morgan fingerprint density at radius 1 is 1.22 bits per heavy atom. The van der Waals surface area contributed by atoms with Gasteiger partial charge in [0.2, 0.25) is 15.9 Å². The second-order valence-corrected chi connectivity index (χ2v) is 9.71. The summed E-state index contributed by atoms with van der Waals surface area (Å²) in [7, 11) is -3.45. The van der Waals surface area contributed by atoms with E-state index >= 15 is 0 Å². The van der Waals surface area contributed by atoms with Gasteiger partial charge in [0.05, 0.1) is 5.75 Å². The van der Waals surface area contributed by atoms with Crippen LogP contribution in [0, 0.1) is 5.92 Å². The predicted octanol–water partition coefficient (Wildman–Crippen LogP) is 2.17. The zero-order valence-corrected chi connectivity index (χ0v) is 17.5. The van der Waals surface area contributed by atoms with E-state index < -0.39 is 16.1 Å². The molecule has 0 radical (unpaired) electrons. The highest BCUT2D eigenvalue weighted by atomic mass is 32.2. The maximum atomic E-state index is 12.8. The van der Waals surface area contributed by atoms with Crippen LogP contribution in [0.3, 0.4) is 0 Å². The Balaban J connectivity index is 1.97. The van der Waals surface area contributed by atoms with Crippen LogP contribution >= 0.6 is 11.8 Å². The zero-order chi connectivity index (χ0) is 19.9. The topological polar surface area (TPSA) is 83.6 Å². The zero-order valence-electron chi connectivity index (χ0n) is 15.9. The largest absolute Gasteiger partial charge is 0.341 e. The molecule has 1 unspecified atom stereocenters. The van der Waals surface area contributed by atoms with E-state index in [0.717, 1.165) is 0 Å². The number of carbonyl (C=O) groups excluding carboxylic acids is 2. The number of ketones is 1. The summed E-state index contributed by atoms with van der Waals surface area (Å²) in [4.78, 5) is 27.1. The van der Waals surface area contributed by atoms with Crippen LogP contribution in [0.15, 0.2) is 30.3 Å². The Morgan fingerprint density at radius 3 is 2.41 bits per heavy atom. The third-order valence-corrected chi connectivity index (χ3v) is 6.89. The average molecular weight is 413 g/mol. The number of amides is 1. The van der Waals surface area contributed by atoms with Gasteiger partial charge in [-0.3, -0.25) is 9.59 Å². The second kappa shape index (κ2) is 10.2. The Bertz CT molecular complexity index is 729. The SMILES string of the molecule is CCS(=O)(=O)NC(CCSC)C(=O)N1CCC(C(=O)c2ccccc2)CC1. The number of rotatable bonds is 9. The summed E-state index contributed by atoms with van der Waals surface area (Å²) in [5, 5.41) is 0. The first-order chi connectivity index (χ1) is 12.9. The number of sulfonamides is 1. The number of benzene rings is 1. The van der Waals surface area contributed by atoms with E-state index in [-0.39, 0.29) is 23.4 Å². The summed E-state index contributed by atoms with van der Waals surface area (Å²) in [5.74, 6) is 0.489. The molecule has 0 bridgehead atoms. The summed E-state index contributed by atoms with van der Waals surface area (Å²) in [5.41, 5.74) is 0.704. The Hall–Kier alpha value is -1.38. The van der Waals surface area contributed by atoms with Crippen molar-refractivity contribution in [1.82, 2.24) is 9.62 Å². The van der Waals surface area contributed by atoms with Crippen molar-refractivity contribution < 1.29 is 18.0 Å². The fraction of sp³-hybridized carbons (Fsp3) is 0.579. The first-order valence-electron chi connectivity index (χ1n) is 9.25. The molecule has 8 heteroatoms. The minimum absolute atomic E-state index is 0.0519. The molecule has 1 aromatic carbocycles. The van der Waals surface area contributed by atoms with E-state index in [1.165, 1.54) is 0 Å². The molecule has 0 spiro atoms. The van der Waals surface area contributed by atoms with Gasteiger partial charge in [-0.1, -0.05) is 30.3 Å². The van der Waals surface area contributed by atoms with Gasteiger partial charge in [0.15, 0.2) is 5.78 Å². The average Bonchev–Trinajstić information content (AvgIpc) is 2.70. The minimum atomic E-state index is -3.45. The molecule has 1 fully saturated rings. The van der Waals surface area contributed by atoms with Crippen LogP contribution in [-0.4, -0.2) is 61.9 Å². The van der Waals surface area contributed by atoms with Crippen LogP contribution in [0.1, 0.15) is 36.5 Å². The molecular weight excluding hydrogens is 384 g/mol. The third kappa shape index (κ3) is 6.33. The normalized spacial score (nSPS) is 16.9. The third-order valence-electron chi connectivity index (χ3n) is 4.85. The number of thioether (sulfide) groups is 1. The molecule has 6 nitrogen and oxygen atoms in total. The number of nitrogens with one attached hydrogen (secondary N) is 1. The Kier molecular flexibility index (Phi) is 8.31. The number of piperidine rings is 1. The second-order valence-electron chi connectivity index (χ2n) is 6.69. The van der Waals surface area contributed by atoms with Crippen molar-refractivity contribution in [3.8, 4) is 0 Å². The lowest BCUT2D eigenvalue weighted by atomic mass is 9.88. The Labute approximate surface area is 166 Å². The fourth-order valence-corrected chi connectivity index (χ4v) is 4.48. The van der Waals surface area contributed by atoms with E-state index in [2.05, 4.69) is 4.72 Å². The minimum Gasteiger partial charge on any atom is -0.341 e. The molecule has 0 saturated carbocycles. The first-order valence-corrected chi connectivity index (χ1v) is 12.3. The molecule has 1 aromatic rings. The highest BCUT2D eigenvalue weighted by Crippen LogP contribution is 2.22.